The molecular weight excluding hydrogens is 358 g/mol. The van der Waals surface area contributed by atoms with Crippen molar-refractivity contribution in [1.82, 2.24) is 9.97 Å². The molecule has 0 saturated carbocycles. The molecule has 127 valence electrons. The summed E-state index contributed by atoms with van der Waals surface area (Å²) in [5.74, 6) is -1.15. The molecule has 1 aliphatic heterocycles. The minimum Gasteiger partial charge on any atom is -0.630 e. The smallest absolute Gasteiger partial charge is 0.630 e. The number of nitrogens with zero attached hydrogens (tertiary/aromatic N) is 3. The molecule has 0 N–H and O–H groups in total. The molecule has 3 heterocycles. The molecule has 2 unspecified atom stereocenters. The molecule has 3 aromatic rings. The molecule has 1 aliphatic rings. The number of rotatable bonds is 1. The Morgan fingerprint density at radius 2 is 1.67 bits per heavy atom. The van der Waals surface area contributed by atoms with Crippen molar-refractivity contribution in [3.8, 4) is 0 Å². The van der Waals surface area contributed by atoms with Crippen molar-refractivity contribution < 1.29 is 31.7 Å². The Hall–Kier alpha value is -2.05. The van der Waals surface area contributed by atoms with Crippen LogP contribution in [-0.2, 0) is 26.6 Å². The first-order valence-electron chi connectivity index (χ1n) is 7.24. The first kappa shape index (κ1) is 18.3. The number of ether oxygens (including phenoxy) is 1. The zero-order valence-electron chi connectivity index (χ0n) is 12.8. The topological polar surface area (TPSA) is 89.2 Å². The van der Waals surface area contributed by atoms with Gasteiger partial charge in [-0.2, -0.15) is 0 Å². The molecule has 24 heavy (non-hydrogen) atoms. The quantitative estimate of drug-likeness (QED) is 0.478. The largest absolute Gasteiger partial charge is 2.00 e. The summed E-state index contributed by atoms with van der Waals surface area (Å²) in [6, 6.07) is 11.4. The maximum atomic E-state index is 10.1. The fourth-order valence-electron chi connectivity index (χ4n) is 2.43. The summed E-state index contributed by atoms with van der Waals surface area (Å²) in [7, 11) is 0. The normalized spacial score (nSPS) is 19.4. The maximum absolute atomic E-state index is 10.1. The molecule has 4 rings (SSSR count). The van der Waals surface area contributed by atoms with E-state index in [0.29, 0.717) is 0 Å². The zero-order valence-corrected chi connectivity index (χ0v) is 13.8. The van der Waals surface area contributed by atoms with Crippen molar-refractivity contribution >= 4 is 27.8 Å². The Balaban J connectivity index is 0.000000183. The Morgan fingerprint density at radius 3 is 2.04 bits per heavy atom. The van der Waals surface area contributed by atoms with E-state index in [1.807, 2.05) is 12.1 Å². The van der Waals surface area contributed by atoms with Gasteiger partial charge in [0, 0.05) is 35.2 Å². The van der Waals surface area contributed by atoms with Gasteiger partial charge in [-0.25, -0.2) is 0 Å². The monoisotopic (exact) mass is 372 g/mol. The summed E-state index contributed by atoms with van der Waals surface area (Å²) in [6.45, 7) is 1.84. The number of aromatic nitrogens is 2. The predicted molar refractivity (Wildman–Crippen MR) is 84.6 cm³/mol. The van der Waals surface area contributed by atoms with Crippen LogP contribution in [0.1, 0.15) is 6.92 Å². The van der Waals surface area contributed by atoms with Crippen LogP contribution in [0.3, 0.4) is 0 Å². The number of carbonyl (C=O) groups excluding carboxylic acids is 1. The van der Waals surface area contributed by atoms with Crippen molar-refractivity contribution in [1.29, 1.82) is 0 Å². The molecule has 0 aliphatic carbocycles. The number of aliphatic carboxylic acids is 1. The van der Waals surface area contributed by atoms with Gasteiger partial charge in [0.15, 0.2) is 0 Å². The van der Waals surface area contributed by atoms with E-state index in [-0.39, 0.29) is 29.9 Å². The third kappa shape index (κ3) is 3.88. The summed E-state index contributed by atoms with van der Waals surface area (Å²) in [5.41, 5.74) is 1.95. The fourth-order valence-corrected chi connectivity index (χ4v) is 2.43. The van der Waals surface area contributed by atoms with Crippen LogP contribution < -0.4 is 5.11 Å². The van der Waals surface area contributed by atoms with Gasteiger partial charge < -0.3 is 20.0 Å². The van der Waals surface area contributed by atoms with E-state index >= 15 is 0 Å². The van der Waals surface area contributed by atoms with Crippen molar-refractivity contribution in [2.75, 3.05) is 6.73 Å². The van der Waals surface area contributed by atoms with E-state index in [1.54, 1.807) is 19.3 Å². The van der Waals surface area contributed by atoms with E-state index in [0.717, 1.165) is 21.8 Å². The number of hydrogen-bond donors (Lipinski definition) is 0. The third-order valence-electron chi connectivity index (χ3n) is 3.64. The van der Waals surface area contributed by atoms with Crippen LogP contribution in [0.15, 0.2) is 48.8 Å². The summed E-state index contributed by atoms with van der Waals surface area (Å²) in [4.78, 5) is 18.8. The maximum Gasteiger partial charge on any atom is 2.00 e. The number of fused-ring (bicyclic) bond motifs is 3. The van der Waals surface area contributed by atoms with Gasteiger partial charge in [-0.3, -0.25) is 9.97 Å². The number of carboxylic acids is 1. The molecule has 2 atom stereocenters. The summed E-state index contributed by atoms with van der Waals surface area (Å²) in [5, 5.41) is 16.0. The van der Waals surface area contributed by atoms with Crippen LogP contribution in [0.4, 0.5) is 0 Å². The first-order valence-corrected chi connectivity index (χ1v) is 7.24. The molecule has 1 radical (unpaired) electrons. The number of pyridine rings is 2. The number of carboxylic acid groups (broad SMARTS) is 1. The molecule has 0 bridgehead atoms. The van der Waals surface area contributed by atoms with Gasteiger partial charge in [-0.15, -0.1) is 0 Å². The van der Waals surface area contributed by atoms with Crippen LogP contribution in [0.25, 0.3) is 27.1 Å². The van der Waals surface area contributed by atoms with Crippen LogP contribution in [-0.4, -0.2) is 34.8 Å². The average molecular weight is 373 g/mol. The second-order valence-electron chi connectivity index (χ2n) is 5.16. The van der Waals surface area contributed by atoms with Gasteiger partial charge in [0.2, 0.25) is 0 Å². The number of carbonyl (C=O) groups is 1. The molecule has 0 spiro atoms. The first-order chi connectivity index (χ1) is 11.2. The van der Waals surface area contributed by atoms with Crippen LogP contribution in [0, 0.1) is 0 Å². The van der Waals surface area contributed by atoms with Gasteiger partial charge in [-0.1, -0.05) is 30.3 Å². The number of hydrogen-bond acceptors (Lipinski definition) is 5. The standard InChI is InChI=1S/C12H8N2.C5H8NO3.Cu/c1-3-9-5-6-10-4-2-8-14-12(10)11(9)13-7-1;1-3-4(5(7)8)6-2-9-3;/h1-8H;3-4H,2H2,1H3,(H,7,8);/q;-1;+2/p-1. The predicted octanol–water partition coefficient (Wildman–Crippen LogP) is 1.64. The fraction of sp³-hybridized carbons (Fsp3) is 0.235. The zero-order chi connectivity index (χ0) is 16.2. The van der Waals surface area contributed by atoms with Gasteiger partial charge >= 0.3 is 17.1 Å². The summed E-state index contributed by atoms with van der Waals surface area (Å²) >= 11 is 0. The second-order valence-corrected chi connectivity index (χ2v) is 5.16. The molecule has 0 amide bonds. The number of benzene rings is 1. The molecule has 1 saturated heterocycles. The Kier molecular flexibility index (Phi) is 6.22. The average Bonchev–Trinajstić information content (AvgIpc) is 3.02. The van der Waals surface area contributed by atoms with Crippen molar-refractivity contribution in [2.24, 2.45) is 0 Å². The van der Waals surface area contributed by atoms with E-state index in [2.05, 4.69) is 39.6 Å². The molecule has 2 aromatic heterocycles. The van der Waals surface area contributed by atoms with Gasteiger partial charge in [0.1, 0.15) is 0 Å². The van der Waals surface area contributed by atoms with E-state index in [1.165, 1.54) is 0 Å². The second kappa shape index (κ2) is 8.17. The van der Waals surface area contributed by atoms with Crippen LogP contribution in [0.2, 0.25) is 0 Å². The molecular formula is C17H15CuN3O3. The third-order valence-corrected chi connectivity index (χ3v) is 3.64. The minimum absolute atomic E-state index is 0. The van der Waals surface area contributed by atoms with Crippen molar-refractivity contribution in [3.05, 3.63) is 54.1 Å². The minimum atomic E-state index is -1.15. The molecule has 1 aromatic carbocycles. The molecule has 6 nitrogen and oxygen atoms in total. The van der Waals surface area contributed by atoms with Gasteiger partial charge in [0.05, 0.1) is 11.0 Å². The van der Waals surface area contributed by atoms with E-state index < -0.39 is 12.0 Å². The SMILES string of the molecule is CC1OC[N-]C1C(=O)[O-].[Cu+2].c1cnc2c(c1)ccc1cccnc12. The summed E-state index contributed by atoms with van der Waals surface area (Å²) < 4.78 is 4.84. The van der Waals surface area contributed by atoms with Gasteiger partial charge in [0.25, 0.3) is 0 Å². The summed E-state index contributed by atoms with van der Waals surface area (Å²) in [6.07, 6.45) is 3.28. The van der Waals surface area contributed by atoms with E-state index in [4.69, 9.17) is 4.74 Å². The Labute approximate surface area is 149 Å². The molecule has 7 heteroatoms. The Bertz CT molecular complexity index is 789. The Morgan fingerprint density at radius 1 is 1.12 bits per heavy atom. The van der Waals surface area contributed by atoms with Crippen molar-refractivity contribution in [2.45, 2.75) is 19.1 Å². The van der Waals surface area contributed by atoms with Crippen LogP contribution in [0.5, 0.6) is 0 Å². The molecule has 1 fully saturated rings. The van der Waals surface area contributed by atoms with Gasteiger partial charge in [-0.05, 0) is 25.8 Å². The van der Waals surface area contributed by atoms with Crippen LogP contribution >= 0.6 is 0 Å². The van der Waals surface area contributed by atoms with Crippen molar-refractivity contribution in [3.63, 3.8) is 0 Å². The van der Waals surface area contributed by atoms with E-state index in [9.17, 15) is 9.90 Å².